The van der Waals surface area contributed by atoms with Crippen molar-refractivity contribution in [2.75, 3.05) is 18.1 Å². The molecule has 0 saturated carbocycles. The van der Waals surface area contributed by atoms with Crippen molar-refractivity contribution in [3.63, 3.8) is 0 Å². The van der Waals surface area contributed by atoms with Crippen molar-refractivity contribution in [2.24, 2.45) is 5.92 Å². The van der Waals surface area contributed by atoms with E-state index in [1.165, 1.54) is 18.0 Å². The van der Waals surface area contributed by atoms with E-state index < -0.39 is 5.92 Å². The van der Waals surface area contributed by atoms with E-state index in [0.29, 0.717) is 23.1 Å². The van der Waals surface area contributed by atoms with Gasteiger partial charge in [0, 0.05) is 12.7 Å². The first-order chi connectivity index (χ1) is 8.26. The lowest BCUT2D eigenvalue weighted by Crippen LogP contribution is -2.29. The number of nitrogens with one attached hydrogen (secondary N) is 1. The molecular formula is C11H14N4OS. The Hall–Kier alpha value is -1.61. The van der Waals surface area contributed by atoms with Crippen molar-refractivity contribution in [3.8, 4) is 6.07 Å². The number of hydrogen-bond acceptors (Lipinski definition) is 6. The fraction of sp³-hybridized carbons (Fsp3) is 0.455. The molecule has 0 radical (unpaired) electrons. The van der Waals surface area contributed by atoms with Crippen molar-refractivity contribution in [1.29, 1.82) is 5.26 Å². The fourth-order valence-electron chi connectivity index (χ4n) is 1.36. The highest BCUT2D eigenvalue weighted by Crippen LogP contribution is 2.23. The number of thioether (sulfide) groups is 1. The monoisotopic (exact) mass is 250 g/mol. The topological polar surface area (TPSA) is 78.7 Å². The van der Waals surface area contributed by atoms with E-state index in [1.807, 2.05) is 26.2 Å². The first kappa shape index (κ1) is 13.5. The highest BCUT2D eigenvalue weighted by molar-refractivity contribution is 7.98. The van der Waals surface area contributed by atoms with Gasteiger partial charge in [0.15, 0.2) is 10.9 Å². The van der Waals surface area contributed by atoms with Gasteiger partial charge in [0.2, 0.25) is 0 Å². The minimum absolute atomic E-state index is 0.195. The summed E-state index contributed by atoms with van der Waals surface area (Å²) in [6, 6.07) is 1.95. The number of nitriles is 1. The number of carbonyl (C=O) groups excluding carboxylic acids is 1. The number of fused-ring (bicyclic) bond motifs is 1. The lowest BCUT2D eigenvalue weighted by molar-refractivity contribution is 0.0949. The van der Waals surface area contributed by atoms with Gasteiger partial charge in [0.1, 0.15) is 11.7 Å². The minimum Gasteiger partial charge on any atom is -0.368 e. The summed E-state index contributed by atoms with van der Waals surface area (Å²) in [5.41, 5.74) is 0.408. The summed E-state index contributed by atoms with van der Waals surface area (Å²) in [5, 5.41) is 12.3. The molecule has 1 aliphatic heterocycles. The molecule has 0 amide bonds. The van der Waals surface area contributed by atoms with Crippen LogP contribution in [0.25, 0.3) is 0 Å². The number of rotatable bonds is 1. The molecule has 0 fully saturated rings. The maximum Gasteiger partial charge on any atom is 0.189 e. The number of ketones is 1. The molecule has 1 aromatic heterocycles. The number of hydrogen-bond donors (Lipinski definition) is 1. The van der Waals surface area contributed by atoms with E-state index in [-0.39, 0.29) is 5.78 Å². The van der Waals surface area contributed by atoms with Gasteiger partial charge in [-0.1, -0.05) is 25.6 Å². The predicted molar refractivity (Wildman–Crippen MR) is 67.1 cm³/mol. The van der Waals surface area contributed by atoms with Gasteiger partial charge in [-0.2, -0.15) is 5.26 Å². The molecular weight excluding hydrogens is 236 g/mol. The number of nitrogens with zero attached hydrogens (tertiary/aromatic N) is 3. The second kappa shape index (κ2) is 6.21. The highest BCUT2D eigenvalue weighted by Gasteiger charge is 2.28. The number of carbonyl (C=O) groups is 1. The van der Waals surface area contributed by atoms with E-state index in [2.05, 4.69) is 15.3 Å². The molecule has 0 saturated heterocycles. The van der Waals surface area contributed by atoms with Crippen LogP contribution in [0.5, 0.6) is 0 Å². The smallest absolute Gasteiger partial charge is 0.189 e. The highest BCUT2D eigenvalue weighted by atomic mass is 32.2. The van der Waals surface area contributed by atoms with Gasteiger partial charge >= 0.3 is 0 Å². The molecule has 0 aliphatic carbocycles. The van der Waals surface area contributed by atoms with Crippen molar-refractivity contribution >= 4 is 23.4 Å². The van der Waals surface area contributed by atoms with Gasteiger partial charge in [-0.3, -0.25) is 4.79 Å². The van der Waals surface area contributed by atoms with Gasteiger partial charge in [0.05, 0.1) is 11.6 Å². The number of anilines is 1. The minimum atomic E-state index is -0.624. The molecule has 1 atom stereocenters. The average Bonchev–Trinajstić information content (AvgIpc) is 2.41. The third-order valence-corrected chi connectivity index (χ3v) is 2.72. The van der Waals surface area contributed by atoms with E-state index >= 15 is 0 Å². The zero-order valence-corrected chi connectivity index (χ0v) is 10.8. The van der Waals surface area contributed by atoms with E-state index in [4.69, 9.17) is 5.26 Å². The van der Waals surface area contributed by atoms with Crippen LogP contribution in [0.1, 0.15) is 24.2 Å². The molecule has 0 bridgehead atoms. The molecule has 1 N–H and O–H groups in total. The Kier molecular flexibility index (Phi) is 4.91. The summed E-state index contributed by atoms with van der Waals surface area (Å²) in [7, 11) is 0. The normalized spacial score (nSPS) is 17.1. The zero-order valence-electron chi connectivity index (χ0n) is 10.0. The maximum atomic E-state index is 11.7. The summed E-state index contributed by atoms with van der Waals surface area (Å²) < 4.78 is 0. The summed E-state index contributed by atoms with van der Waals surface area (Å²) in [4.78, 5) is 19.9. The third kappa shape index (κ3) is 2.74. The molecule has 0 spiro atoms. The van der Waals surface area contributed by atoms with Crippen LogP contribution in [0.2, 0.25) is 0 Å². The predicted octanol–water partition coefficient (Wildman–Crippen LogP) is 1.97. The molecule has 1 unspecified atom stereocenters. The van der Waals surface area contributed by atoms with Crippen LogP contribution in [-0.2, 0) is 0 Å². The van der Waals surface area contributed by atoms with E-state index in [9.17, 15) is 4.79 Å². The first-order valence-electron chi connectivity index (χ1n) is 5.35. The van der Waals surface area contributed by atoms with Crippen LogP contribution >= 0.6 is 11.8 Å². The lowest BCUT2D eigenvalue weighted by Gasteiger charge is -2.19. The SMILES string of the molecule is CC.CSc1ncc2c(n1)NCC(C#N)C2=O. The van der Waals surface area contributed by atoms with Crippen molar-refractivity contribution in [2.45, 2.75) is 19.0 Å². The molecule has 2 heterocycles. The summed E-state index contributed by atoms with van der Waals surface area (Å²) >= 11 is 1.41. The molecule has 1 aliphatic rings. The van der Waals surface area contributed by atoms with Crippen LogP contribution in [0.15, 0.2) is 11.4 Å². The third-order valence-electron chi connectivity index (χ3n) is 2.16. The van der Waals surface area contributed by atoms with Crippen LogP contribution in [0.4, 0.5) is 5.82 Å². The summed E-state index contributed by atoms with van der Waals surface area (Å²) in [6.07, 6.45) is 3.34. The fourth-order valence-corrected chi connectivity index (χ4v) is 1.70. The van der Waals surface area contributed by atoms with Gasteiger partial charge in [-0.15, -0.1) is 0 Å². The Balaban J connectivity index is 0.000000686. The maximum absolute atomic E-state index is 11.7. The van der Waals surface area contributed by atoms with E-state index in [0.717, 1.165) is 0 Å². The van der Waals surface area contributed by atoms with Crippen LogP contribution < -0.4 is 5.32 Å². The second-order valence-corrected chi connectivity index (χ2v) is 3.82. The quantitative estimate of drug-likeness (QED) is 0.606. The van der Waals surface area contributed by atoms with Gasteiger partial charge < -0.3 is 5.32 Å². The Morgan fingerprint density at radius 1 is 1.59 bits per heavy atom. The molecule has 1 aromatic rings. The largest absolute Gasteiger partial charge is 0.368 e. The summed E-state index contributed by atoms with van der Waals surface area (Å²) in [5.74, 6) is -0.286. The van der Waals surface area contributed by atoms with Crippen molar-refractivity contribution < 1.29 is 4.79 Å². The Labute approximate surface area is 105 Å². The molecule has 17 heavy (non-hydrogen) atoms. The Morgan fingerprint density at radius 3 is 2.88 bits per heavy atom. The van der Waals surface area contributed by atoms with Crippen LogP contribution in [0.3, 0.4) is 0 Å². The second-order valence-electron chi connectivity index (χ2n) is 3.05. The van der Waals surface area contributed by atoms with E-state index in [1.54, 1.807) is 0 Å². The molecule has 90 valence electrons. The molecule has 0 aromatic carbocycles. The first-order valence-corrected chi connectivity index (χ1v) is 6.57. The van der Waals surface area contributed by atoms with Crippen LogP contribution in [-0.4, -0.2) is 28.6 Å². The van der Waals surface area contributed by atoms with Gasteiger partial charge in [-0.25, -0.2) is 9.97 Å². The number of aromatic nitrogens is 2. The zero-order chi connectivity index (χ0) is 12.8. The molecule has 2 rings (SSSR count). The molecule has 6 heteroatoms. The average molecular weight is 250 g/mol. The van der Waals surface area contributed by atoms with Crippen molar-refractivity contribution in [1.82, 2.24) is 9.97 Å². The van der Waals surface area contributed by atoms with Crippen molar-refractivity contribution in [3.05, 3.63) is 11.8 Å². The van der Waals surface area contributed by atoms with Crippen LogP contribution in [0, 0.1) is 17.2 Å². The Morgan fingerprint density at radius 2 is 2.29 bits per heavy atom. The van der Waals surface area contributed by atoms with Gasteiger partial charge in [-0.05, 0) is 6.26 Å². The molecule has 5 nitrogen and oxygen atoms in total. The summed E-state index contributed by atoms with van der Waals surface area (Å²) in [6.45, 7) is 4.33. The number of Topliss-reactive ketones (excluding diaryl/α,β-unsaturated/α-hetero) is 1. The Bertz CT molecular complexity index is 455. The standard InChI is InChI=1S/C9H8N4OS.C2H6/c1-15-9-12-4-6-7(14)5(2-10)3-11-8(6)13-9;1-2/h4-5H,3H2,1H3,(H,11,12,13);1-2H3. The lowest BCUT2D eigenvalue weighted by atomic mass is 9.97. The van der Waals surface area contributed by atoms with Gasteiger partial charge in [0.25, 0.3) is 0 Å².